The molecule has 0 spiro atoms. The summed E-state index contributed by atoms with van der Waals surface area (Å²) >= 11 is 1.37. The van der Waals surface area contributed by atoms with Gasteiger partial charge in [0.1, 0.15) is 10.8 Å². The Morgan fingerprint density at radius 2 is 1.85 bits per heavy atom. The molecule has 0 atom stereocenters. The minimum atomic E-state index is -3.63. The van der Waals surface area contributed by atoms with Crippen molar-refractivity contribution in [3.63, 3.8) is 0 Å². The van der Waals surface area contributed by atoms with E-state index in [0.29, 0.717) is 10.7 Å². The van der Waals surface area contributed by atoms with Crippen molar-refractivity contribution in [2.75, 3.05) is 14.1 Å². The zero-order valence-electron chi connectivity index (χ0n) is 14.1. The molecule has 0 radical (unpaired) electrons. The highest BCUT2D eigenvalue weighted by Crippen LogP contribution is 2.24. The lowest BCUT2D eigenvalue weighted by Gasteiger charge is -2.12. The zero-order chi connectivity index (χ0) is 18.9. The summed E-state index contributed by atoms with van der Waals surface area (Å²) in [6.45, 7) is 0.146. The predicted octanol–water partition coefficient (Wildman–Crippen LogP) is 2.41. The Balaban J connectivity index is 1.90. The van der Waals surface area contributed by atoms with Gasteiger partial charge in [-0.1, -0.05) is 0 Å². The van der Waals surface area contributed by atoms with Crippen LogP contribution in [0.4, 0.5) is 4.39 Å². The molecule has 1 aromatic carbocycles. The van der Waals surface area contributed by atoms with E-state index in [1.54, 1.807) is 17.5 Å². The molecule has 0 N–H and O–H groups in total. The van der Waals surface area contributed by atoms with Crippen LogP contribution in [0.15, 0.2) is 57.7 Å². The molecule has 6 nitrogen and oxygen atoms in total. The van der Waals surface area contributed by atoms with Crippen LogP contribution in [0.2, 0.25) is 0 Å². The quantitative estimate of drug-likeness (QED) is 0.667. The molecular weight excluding hydrogens is 377 g/mol. The molecule has 2 aromatic heterocycles. The number of hydrogen-bond donors (Lipinski definition) is 0. The van der Waals surface area contributed by atoms with Crippen LogP contribution < -0.4 is 5.56 Å². The molecule has 0 aliphatic carbocycles. The first-order valence-electron chi connectivity index (χ1n) is 7.61. The lowest BCUT2D eigenvalue weighted by molar-refractivity contribution is 0.519. The number of sulfonamides is 1. The number of pyridine rings is 1. The van der Waals surface area contributed by atoms with Crippen LogP contribution in [0.3, 0.4) is 0 Å². The minimum absolute atomic E-state index is 0.0380. The van der Waals surface area contributed by atoms with Gasteiger partial charge in [-0.05, 0) is 30.3 Å². The van der Waals surface area contributed by atoms with E-state index in [0.717, 1.165) is 9.87 Å². The van der Waals surface area contributed by atoms with Gasteiger partial charge in [0.25, 0.3) is 5.56 Å². The van der Waals surface area contributed by atoms with E-state index in [9.17, 15) is 17.6 Å². The standard InChI is InChI=1S/C17H16FN3O3S2/c1-20(2)26(23,24)15-7-8-16(22)21(10-15)9-14-11-25-17(19-14)12-3-5-13(18)6-4-12/h3-8,10-11H,9H2,1-2H3. The van der Waals surface area contributed by atoms with Gasteiger partial charge in [0.15, 0.2) is 0 Å². The average Bonchev–Trinajstić information content (AvgIpc) is 3.05. The van der Waals surface area contributed by atoms with Gasteiger partial charge in [-0.3, -0.25) is 4.79 Å². The van der Waals surface area contributed by atoms with Crippen molar-refractivity contribution < 1.29 is 12.8 Å². The van der Waals surface area contributed by atoms with Crippen LogP contribution in [0.25, 0.3) is 10.6 Å². The maximum atomic E-state index is 13.0. The van der Waals surface area contributed by atoms with E-state index < -0.39 is 10.0 Å². The SMILES string of the molecule is CN(C)S(=O)(=O)c1ccc(=O)n(Cc2csc(-c3ccc(F)cc3)n2)c1. The van der Waals surface area contributed by atoms with Gasteiger partial charge < -0.3 is 4.57 Å². The van der Waals surface area contributed by atoms with Crippen LogP contribution in [-0.2, 0) is 16.6 Å². The summed E-state index contributed by atoms with van der Waals surface area (Å²) in [6.07, 6.45) is 1.31. The molecule has 3 rings (SSSR count). The molecule has 3 aromatic rings. The summed E-state index contributed by atoms with van der Waals surface area (Å²) in [5.41, 5.74) is 1.08. The Labute approximate surface area is 154 Å². The summed E-state index contributed by atoms with van der Waals surface area (Å²) < 4.78 is 39.9. The monoisotopic (exact) mass is 393 g/mol. The topological polar surface area (TPSA) is 72.3 Å². The molecule has 0 fully saturated rings. The lowest BCUT2D eigenvalue weighted by atomic mass is 10.2. The third kappa shape index (κ3) is 3.74. The van der Waals surface area contributed by atoms with E-state index in [4.69, 9.17) is 0 Å². The second-order valence-electron chi connectivity index (χ2n) is 5.77. The third-order valence-electron chi connectivity index (χ3n) is 3.71. The highest BCUT2D eigenvalue weighted by molar-refractivity contribution is 7.89. The van der Waals surface area contributed by atoms with Gasteiger partial charge in [-0.15, -0.1) is 11.3 Å². The Morgan fingerprint density at radius 1 is 1.15 bits per heavy atom. The first-order chi connectivity index (χ1) is 12.3. The van der Waals surface area contributed by atoms with Gasteiger partial charge in [0.05, 0.1) is 17.1 Å². The largest absolute Gasteiger partial charge is 0.308 e. The molecule has 9 heteroatoms. The van der Waals surface area contributed by atoms with Gasteiger partial charge in [-0.25, -0.2) is 22.1 Å². The highest BCUT2D eigenvalue weighted by atomic mass is 32.2. The first-order valence-corrected chi connectivity index (χ1v) is 9.93. The Bertz CT molecular complexity index is 1090. The van der Waals surface area contributed by atoms with Gasteiger partial charge in [0, 0.05) is 37.3 Å². The Hall–Kier alpha value is -2.36. The number of benzene rings is 1. The van der Waals surface area contributed by atoms with Gasteiger partial charge >= 0.3 is 0 Å². The highest BCUT2D eigenvalue weighted by Gasteiger charge is 2.18. The molecule has 0 saturated heterocycles. The van der Waals surface area contributed by atoms with E-state index in [1.165, 1.54) is 60.5 Å². The number of halogens is 1. The molecule has 2 heterocycles. The molecule has 26 heavy (non-hydrogen) atoms. The molecule has 0 aliphatic rings. The van der Waals surface area contributed by atoms with Crippen molar-refractivity contribution in [1.29, 1.82) is 0 Å². The number of aromatic nitrogens is 2. The lowest BCUT2D eigenvalue weighted by Crippen LogP contribution is -2.26. The molecule has 0 aliphatic heterocycles. The molecular formula is C17H16FN3O3S2. The fraction of sp³-hybridized carbons (Fsp3) is 0.176. The second-order valence-corrected chi connectivity index (χ2v) is 8.78. The summed E-state index contributed by atoms with van der Waals surface area (Å²) in [4.78, 5) is 16.6. The number of hydrogen-bond acceptors (Lipinski definition) is 5. The van der Waals surface area contributed by atoms with E-state index >= 15 is 0 Å². The fourth-order valence-corrected chi connectivity index (χ4v) is 4.01. The van der Waals surface area contributed by atoms with Gasteiger partial charge in [0.2, 0.25) is 10.0 Å². The summed E-state index contributed by atoms with van der Waals surface area (Å²) in [7, 11) is -0.769. The normalized spacial score (nSPS) is 11.8. The van der Waals surface area contributed by atoms with Crippen molar-refractivity contribution >= 4 is 21.4 Å². The molecule has 136 valence electrons. The summed E-state index contributed by atoms with van der Waals surface area (Å²) in [5.74, 6) is -0.323. The molecule has 0 unspecified atom stereocenters. The van der Waals surface area contributed by atoms with E-state index in [1.807, 2.05) is 0 Å². The minimum Gasteiger partial charge on any atom is -0.308 e. The maximum Gasteiger partial charge on any atom is 0.250 e. The predicted molar refractivity (Wildman–Crippen MR) is 98.2 cm³/mol. The summed E-state index contributed by atoms with van der Waals surface area (Å²) in [6, 6.07) is 8.50. The third-order valence-corrected chi connectivity index (χ3v) is 6.45. The van der Waals surface area contributed by atoms with Crippen LogP contribution in [0, 0.1) is 5.82 Å². The second kappa shape index (κ2) is 7.10. The van der Waals surface area contributed by atoms with E-state index in [-0.39, 0.29) is 22.8 Å². The first kappa shape index (κ1) is 18.4. The van der Waals surface area contributed by atoms with Crippen molar-refractivity contribution in [2.45, 2.75) is 11.4 Å². The van der Waals surface area contributed by atoms with Crippen molar-refractivity contribution in [3.8, 4) is 10.6 Å². The zero-order valence-corrected chi connectivity index (χ0v) is 15.7. The smallest absolute Gasteiger partial charge is 0.250 e. The number of rotatable bonds is 5. The molecule has 0 bridgehead atoms. The maximum absolute atomic E-state index is 13.0. The Morgan fingerprint density at radius 3 is 2.50 bits per heavy atom. The van der Waals surface area contributed by atoms with Crippen molar-refractivity contribution in [3.05, 3.63) is 69.8 Å². The summed E-state index contributed by atoms with van der Waals surface area (Å²) in [5, 5.41) is 2.49. The van der Waals surface area contributed by atoms with Crippen molar-refractivity contribution in [1.82, 2.24) is 13.9 Å². The Kier molecular flexibility index (Phi) is 5.03. The van der Waals surface area contributed by atoms with Gasteiger partial charge in [-0.2, -0.15) is 0 Å². The number of thiazole rings is 1. The van der Waals surface area contributed by atoms with Crippen molar-refractivity contribution in [2.24, 2.45) is 0 Å². The molecule has 0 amide bonds. The van der Waals surface area contributed by atoms with E-state index in [2.05, 4.69) is 4.98 Å². The van der Waals surface area contributed by atoms with Crippen LogP contribution in [0.1, 0.15) is 5.69 Å². The van der Waals surface area contributed by atoms with Crippen LogP contribution in [-0.4, -0.2) is 36.4 Å². The van der Waals surface area contributed by atoms with Crippen LogP contribution in [0.5, 0.6) is 0 Å². The average molecular weight is 393 g/mol. The molecule has 0 saturated carbocycles. The van der Waals surface area contributed by atoms with Crippen LogP contribution >= 0.6 is 11.3 Å². The fourth-order valence-electron chi connectivity index (χ4n) is 2.28. The number of nitrogens with zero attached hydrogens (tertiary/aromatic N) is 3.